The fourth-order valence-corrected chi connectivity index (χ4v) is 7.66. The molecule has 0 radical (unpaired) electrons. The van der Waals surface area contributed by atoms with Gasteiger partial charge in [0.1, 0.15) is 12.3 Å². The Morgan fingerprint density at radius 1 is 1.04 bits per heavy atom. The van der Waals surface area contributed by atoms with Crippen molar-refractivity contribution < 1.29 is 9.47 Å². The zero-order chi connectivity index (χ0) is 37.1. The topological polar surface area (TPSA) is 68.4 Å². The molecule has 0 bridgehead atoms. The van der Waals surface area contributed by atoms with Crippen LogP contribution in [0.2, 0.25) is 0 Å². The molecule has 1 aromatic carbocycles. The number of rotatable bonds is 9. The van der Waals surface area contributed by atoms with Gasteiger partial charge in [-0.2, -0.15) is 0 Å². The maximum atomic E-state index is 5.87. The molecule has 2 N–H and O–H groups in total. The lowest BCUT2D eigenvalue weighted by Crippen LogP contribution is -2.46. The van der Waals surface area contributed by atoms with Gasteiger partial charge >= 0.3 is 0 Å². The van der Waals surface area contributed by atoms with E-state index in [0.29, 0.717) is 6.61 Å². The third-order valence-corrected chi connectivity index (χ3v) is 10.5. The lowest BCUT2D eigenvalue weighted by Gasteiger charge is -2.37. The largest absolute Gasteiger partial charge is 0.496 e. The maximum absolute atomic E-state index is 5.87. The van der Waals surface area contributed by atoms with Gasteiger partial charge in [-0.3, -0.25) is 0 Å². The summed E-state index contributed by atoms with van der Waals surface area (Å²) in [5.41, 5.74) is 9.91. The Balaban J connectivity index is 0.000000679. The van der Waals surface area contributed by atoms with Crippen LogP contribution in [0.25, 0.3) is 0 Å². The Kier molecular flexibility index (Phi) is 14.1. The zero-order valence-corrected chi connectivity index (χ0v) is 33.1. The van der Waals surface area contributed by atoms with E-state index >= 15 is 0 Å². The van der Waals surface area contributed by atoms with Gasteiger partial charge < -0.3 is 39.7 Å². The minimum atomic E-state index is -0.0677. The second-order valence-corrected chi connectivity index (χ2v) is 15.5. The minimum Gasteiger partial charge on any atom is -0.496 e. The Labute approximate surface area is 314 Å². The Hall–Kier alpha value is -3.95. The number of allylic oxidation sites excluding steroid dienone is 3. The number of hydrogen-bond acceptors (Lipinski definition) is 9. The summed E-state index contributed by atoms with van der Waals surface area (Å²) < 4.78 is 10.9. The van der Waals surface area contributed by atoms with Gasteiger partial charge in [-0.1, -0.05) is 25.7 Å². The number of nitrogens with one attached hydrogen (secondary N) is 2. The van der Waals surface area contributed by atoms with Crippen molar-refractivity contribution in [1.82, 2.24) is 15.2 Å². The molecule has 0 aliphatic carbocycles. The summed E-state index contributed by atoms with van der Waals surface area (Å²) in [5.74, 6) is 1.58. The van der Waals surface area contributed by atoms with Crippen LogP contribution in [0.4, 0.5) is 22.7 Å². The Morgan fingerprint density at radius 3 is 2.40 bits per heavy atom. The van der Waals surface area contributed by atoms with Crippen molar-refractivity contribution in [3.8, 4) is 5.88 Å². The molecule has 3 saturated heterocycles. The van der Waals surface area contributed by atoms with E-state index in [1.165, 1.54) is 66.8 Å². The van der Waals surface area contributed by atoms with Gasteiger partial charge in [0.15, 0.2) is 0 Å². The monoisotopic (exact) mass is 712 g/mol. The SMILES string of the molecule is C/C=C1/CCN(c2cnc3c(c2C)N(C)CCO3)C/C1=C/C(=C/CC)Nc1ccc(N2CCC(CN3CCNCC3)CC2)cc1.C=COC(C)(C)C. The molecule has 3 fully saturated rings. The first-order valence-corrected chi connectivity index (χ1v) is 19.6. The van der Waals surface area contributed by atoms with Gasteiger partial charge in [0.2, 0.25) is 5.88 Å². The van der Waals surface area contributed by atoms with Gasteiger partial charge in [-0.25, -0.2) is 4.98 Å². The van der Waals surface area contributed by atoms with Crippen molar-refractivity contribution in [3.05, 3.63) is 83.9 Å². The molecule has 5 heterocycles. The zero-order valence-electron chi connectivity index (χ0n) is 33.1. The molecule has 9 heteroatoms. The number of piperidine rings is 2. The summed E-state index contributed by atoms with van der Waals surface area (Å²) in [7, 11) is 2.14. The summed E-state index contributed by atoms with van der Waals surface area (Å²) in [5, 5.41) is 7.22. The van der Waals surface area contributed by atoms with Crippen LogP contribution in [-0.4, -0.2) is 94.6 Å². The van der Waals surface area contributed by atoms with Crippen molar-refractivity contribution in [3.63, 3.8) is 0 Å². The lowest BCUT2D eigenvalue weighted by atomic mass is 9.95. The molecule has 52 heavy (non-hydrogen) atoms. The predicted molar refractivity (Wildman–Crippen MR) is 220 cm³/mol. The molecule has 4 aliphatic heterocycles. The van der Waals surface area contributed by atoms with E-state index in [2.05, 4.69) is 107 Å². The van der Waals surface area contributed by atoms with Gasteiger partial charge in [-0.05, 0) is 108 Å². The first-order chi connectivity index (χ1) is 25.1. The Bertz CT molecular complexity index is 1540. The number of fused-ring (bicyclic) bond motifs is 1. The third-order valence-electron chi connectivity index (χ3n) is 10.5. The highest BCUT2D eigenvalue weighted by Gasteiger charge is 2.26. The summed E-state index contributed by atoms with van der Waals surface area (Å²) in [6.07, 6.45) is 15.0. The van der Waals surface area contributed by atoms with Crippen LogP contribution in [0.3, 0.4) is 0 Å². The van der Waals surface area contributed by atoms with E-state index in [0.717, 1.165) is 87.5 Å². The van der Waals surface area contributed by atoms with E-state index < -0.39 is 0 Å². The summed E-state index contributed by atoms with van der Waals surface area (Å²) >= 11 is 0. The highest BCUT2D eigenvalue weighted by atomic mass is 16.5. The lowest BCUT2D eigenvalue weighted by molar-refractivity contribution is 0.0775. The number of likely N-dealkylation sites (N-methyl/N-ethyl adjacent to an activating group) is 1. The second-order valence-electron chi connectivity index (χ2n) is 15.5. The molecular formula is C43H65N7O2. The molecule has 0 saturated carbocycles. The van der Waals surface area contributed by atoms with E-state index in [-0.39, 0.29) is 5.60 Å². The number of ether oxygens (including phenoxy) is 2. The van der Waals surface area contributed by atoms with Crippen LogP contribution in [0, 0.1) is 12.8 Å². The molecule has 6 rings (SSSR count). The van der Waals surface area contributed by atoms with Gasteiger partial charge in [-0.15, -0.1) is 0 Å². The number of hydrogen-bond donors (Lipinski definition) is 2. The van der Waals surface area contributed by atoms with Crippen molar-refractivity contribution in [1.29, 1.82) is 0 Å². The maximum Gasteiger partial charge on any atom is 0.238 e. The van der Waals surface area contributed by atoms with Crippen LogP contribution >= 0.6 is 0 Å². The molecule has 1 aromatic heterocycles. The normalized spacial score (nSPS) is 20.6. The summed E-state index contributed by atoms with van der Waals surface area (Å²) in [4.78, 5) is 14.7. The smallest absolute Gasteiger partial charge is 0.238 e. The molecule has 0 unspecified atom stereocenters. The second kappa shape index (κ2) is 18.7. The number of piperazine rings is 1. The number of nitrogens with zero attached hydrogens (tertiary/aromatic N) is 5. The van der Waals surface area contributed by atoms with E-state index in [1.807, 2.05) is 27.0 Å². The van der Waals surface area contributed by atoms with Crippen molar-refractivity contribution >= 4 is 22.7 Å². The quantitative estimate of drug-likeness (QED) is 0.254. The highest BCUT2D eigenvalue weighted by Crippen LogP contribution is 2.39. The Morgan fingerprint density at radius 2 is 1.77 bits per heavy atom. The van der Waals surface area contributed by atoms with Crippen LogP contribution in [-0.2, 0) is 4.74 Å². The number of benzene rings is 1. The molecule has 2 aromatic rings. The fourth-order valence-electron chi connectivity index (χ4n) is 7.66. The van der Waals surface area contributed by atoms with Gasteiger partial charge in [0.05, 0.1) is 30.3 Å². The molecule has 0 amide bonds. The number of aromatic nitrogens is 1. The molecule has 284 valence electrons. The summed E-state index contributed by atoms with van der Waals surface area (Å²) in [6.45, 7) is 27.6. The molecule has 0 atom stereocenters. The van der Waals surface area contributed by atoms with E-state index in [1.54, 1.807) is 0 Å². The van der Waals surface area contributed by atoms with Gasteiger partial charge in [0, 0.05) is 88.6 Å². The molecular weight excluding hydrogens is 647 g/mol. The van der Waals surface area contributed by atoms with Crippen molar-refractivity contribution in [2.24, 2.45) is 5.92 Å². The standard InChI is InChI=1S/C37H53N7O.C6H12O/c1-5-7-33(40-32-8-10-34(11-9-32)43-17-12-29(13-18-43)26-42-20-15-38-16-21-42)24-31-27-44(19-14-30(31)6-2)35-25-39-37-36(28(35)3)41(4)22-23-45-37;1-5-7-6(2,3)4/h6-11,24-25,29,38,40H,5,12-23,26-27H2,1-4H3;5H,1H2,2-4H3/b30-6-,31-24-,33-7-;. The van der Waals surface area contributed by atoms with Crippen molar-refractivity contribution in [2.75, 3.05) is 99.1 Å². The molecule has 0 spiro atoms. The van der Waals surface area contributed by atoms with Crippen LogP contribution < -0.4 is 30.1 Å². The van der Waals surface area contributed by atoms with Crippen LogP contribution in [0.1, 0.15) is 65.9 Å². The fraction of sp³-hybridized carbons (Fsp3) is 0.558. The average Bonchev–Trinajstić information content (AvgIpc) is 3.13. The highest BCUT2D eigenvalue weighted by molar-refractivity contribution is 5.72. The first kappa shape index (κ1) is 39.3. The van der Waals surface area contributed by atoms with E-state index in [4.69, 9.17) is 14.5 Å². The number of anilines is 4. The minimum absolute atomic E-state index is 0.0677. The average molecular weight is 712 g/mol. The van der Waals surface area contributed by atoms with Crippen molar-refractivity contribution in [2.45, 2.75) is 72.8 Å². The molecule has 9 nitrogen and oxygen atoms in total. The summed E-state index contributed by atoms with van der Waals surface area (Å²) in [6, 6.07) is 9.08. The van der Waals surface area contributed by atoms with E-state index in [9.17, 15) is 0 Å². The van der Waals surface area contributed by atoms with Gasteiger partial charge in [0.25, 0.3) is 0 Å². The third kappa shape index (κ3) is 10.8. The predicted octanol–water partition coefficient (Wildman–Crippen LogP) is 7.77. The first-order valence-electron chi connectivity index (χ1n) is 19.6. The molecule has 4 aliphatic rings. The number of pyridine rings is 1. The van der Waals surface area contributed by atoms with Crippen LogP contribution in [0.5, 0.6) is 5.88 Å². The van der Waals surface area contributed by atoms with Crippen LogP contribution in [0.15, 0.2) is 78.4 Å².